The zero-order valence-electron chi connectivity index (χ0n) is 13.4. The Morgan fingerprint density at radius 2 is 1.91 bits per heavy atom. The van der Waals surface area contributed by atoms with Crippen LogP contribution < -0.4 is 16.0 Å². The highest BCUT2D eigenvalue weighted by molar-refractivity contribution is 5.92. The summed E-state index contributed by atoms with van der Waals surface area (Å²) in [6, 6.07) is 7.74. The molecule has 124 valence electrons. The van der Waals surface area contributed by atoms with E-state index in [0.29, 0.717) is 6.54 Å². The van der Waals surface area contributed by atoms with Gasteiger partial charge in [-0.05, 0) is 43.5 Å². The van der Waals surface area contributed by atoms with Crippen LogP contribution in [-0.2, 0) is 16.1 Å². The first-order valence-corrected chi connectivity index (χ1v) is 8.60. The van der Waals surface area contributed by atoms with Crippen molar-refractivity contribution in [3.8, 4) is 0 Å². The van der Waals surface area contributed by atoms with Crippen LogP contribution in [0.3, 0.4) is 0 Å². The first-order valence-electron chi connectivity index (χ1n) is 8.60. The Morgan fingerprint density at radius 3 is 2.65 bits per heavy atom. The largest absolute Gasteiger partial charge is 0.352 e. The van der Waals surface area contributed by atoms with E-state index in [1.54, 1.807) is 0 Å². The Bertz CT molecular complexity index is 561. The highest BCUT2D eigenvalue weighted by Crippen LogP contribution is 2.26. The Labute approximate surface area is 137 Å². The quantitative estimate of drug-likeness (QED) is 0.779. The van der Waals surface area contributed by atoms with Crippen molar-refractivity contribution in [2.24, 2.45) is 11.8 Å². The predicted molar refractivity (Wildman–Crippen MR) is 89.9 cm³/mol. The van der Waals surface area contributed by atoms with E-state index in [1.807, 2.05) is 24.3 Å². The number of benzene rings is 1. The van der Waals surface area contributed by atoms with E-state index < -0.39 is 0 Å². The highest BCUT2D eigenvalue weighted by Gasteiger charge is 2.23. The summed E-state index contributed by atoms with van der Waals surface area (Å²) >= 11 is 0. The first-order chi connectivity index (χ1) is 11.2. The highest BCUT2D eigenvalue weighted by atomic mass is 16.2. The molecule has 1 aliphatic carbocycles. The minimum Gasteiger partial charge on any atom is -0.352 e. The van der Waals surface area contributed by atoms with E-state index in [0.717, 1.165) is 56.4 Å². The number of amides is 2. The molecule has 1 heterocycles. The number of hydrogen-bond acceptors (Lipinski definition) is 3. The van der Waals surface area contributed by atoms with Gasteiger partial charge >= 0.3 is 0 Å². The molecule has 3 rings (SSSR count). The van der Waals surface area contributed by atoms with Crippen molar-refractivity contribution >= 4 is 17.5 Å². The van der Waals surface area contributed by atoms with Crippen molar-refractivity contribution < 1.29 is 9.59 Å². The normalized spacial score (nSPS) is 21.3. The molecule has 1 saturated heterocycles. The molecule has 1 aliphatic heterocycles. The number of nitrogens with one attached hydrogen (secondary N) is 3. The minimum atomic E-state index is 0.0836. The van der Waals surface area contributed by atoms with Gasteiger partial charge in [0.15, 0.2) is 0 Å². The van der Waals surface area contributed by atoms with E-state index >= 15 is 0 Å². The molecule has 0 spiro atoms. The van der Waals surface area contributed by atoms with E-state index in [-0.39, 0.29) is 23.7 Å². The molecular formula is C18H25N3O2. The molecule has 0 bridgehead atoms. The lowest BCUT2D eigenvalue weighted by molar-refractivity contribution is -0.124. The molecular weight excluding hydrogens is 290 g/mol. The molecule has 1 atom stereocenters. The van der Waals surface area contributed by atoms with Crippen LogP contribution in [0.2, 0.25) is 0 Å². The third-order valence-corrected chi connectivity index (χ3v) is 4.82. The molecule has 1 unspecified atom stereocenters. The molecule has 5 nitrogen and oxygen atoms in total. The first kappa shape index (κ1) is 16.0. The molecule has 2 fully saturated rings. The van der Waals surface area contributed by atoms with Crippen LogP contribution in [0.15, 0.2) is 24.3 Å². The fourth-order valence-corrected chi connectivity index (χ4v) is 3.40. The molecule has 0 aromatic heterocycles. The summed E-state index contributed by atoms with van der Waals surface area (Å²) in [6.07, 6.45) is 5.21. The van der Waals surface area contributed by atoms with Crippen LogP contribution in [0.25, 0.3) is 0 Å². The lowest BCUT2D eigenvalue weighted by Crippen LogP contribution is -2.31. The summed E-state index contributed by atoms with van der Waals surface area (Å²) in [4.78, 5) is 24.2. The molecule has 0 radical (unpaired) electrons. The van der Waals surface area contributed by atoms with Crippen molar-refractivity contribution in [1.29, 1.82) is 0 Å². The Balaban J connectivity index is 1.52. The standard InChI is InChI=1S/C18H25N3O2/c22-17(15-8-9-19-12-15)20-11-13-4-3-7-16(10-13)21-18(23)14-5-1-2-6-14/h3-4,7,10,14-15,19H,1-2,5-6,8-9,11-12H2,(H,20,22)(H,21,23). The van der Waals surface area contributed by atoms with Crippen LogP contribution in [0.5, 0.6) is 0 Å². The smallest absolute Gasteiger partial charge is 0.227 e. The summed E-state index contributed by atoms with van der Waals surface area (Å²) in [6.45, 7) is 2.19. The van der Waals surface area contributed by atoms with Crippen LogP contribution in [0.4, 0.5) is 5.69 Å². The van der Waals surface area contributed by atoms with Gasteiger partial charge in [-0.25, -0.2) is 0 Å². The van der Waals surface area contributed by atoms with Gasteiger partial charge in [0.2, 0.25) is 11.8 Å². The van der Waals surface area contributed by atoms with Gasteiger partial charge in [-0.15, -0.1) is 0 Å². The molecule has 5 heteroatoms. The second kappa shape index (κ2) is 7.59. The predicted octanol–water partition coefficient (Wildman–Crippen LogP) is 2.04. The SMILES string of the molecule is O=C(NCc1cccc(NC(=O)C2CCCC2)c1)C1CCNC1. The summed E-state index contributed by atoms with van der Waals surface area (Å²) in [5, 5.41) is 9.19. The van der Waals surface area contributed by atoms with Crippen molar-refractivity contribution in [3.05, 3.63) is 29.8 Å². The fourth-order valence-electron chi connectivity index (χ4n) is 3.40. The molecule has 23 heavy (non-hydrogen) atoms. The Kier molecular flexibility index (Phi) is 5.28. The van der Waals surface area contributed by atoms with Gasteiger partial charge in [0.1, 0.15) is 0 Å². The van der Waals surface area contributed by atoms with Crippen LogP contribution in [-0.4, -0.2) is 24.9 Å². The molecule has 2 aliphatic rings. The number of carbonyl (C=O) groups excluding carboxylic acids is 2. The van der Waals surface area contributed by atoms with E-state index in [9.17, 15) is 9.59 Å². The molecule has 1 aromatic rings. The number of anilines is 1. The topological polar surface area (TPSA) is 70.2 Å². The summed E-state index contributed by atoms with van der Waals surface area (Å²) in [7, 11) is 0. The summed E-state index contributed by atoms with van der Waals surface area (Å²) in [5.41, 5.74) is 1.82. The Hall–Kier alpha value is -1.88. The fraction of sp³-hybridized carbons (Fsp3) is 0.556. The van der Waals surface area contributed by atoms with Gasteiger partial charge in [-0.3, -0.25) is 9.59 Å². The van der Waals surface area contributed by atoms with Crippen LogP contribution in [0.1, 0.15) is 37.7 Å². The van der Waals surface area contributed by atoms with Gasteiger partial charge in [0.25, 0.3) is 0 Å². The Morgan fingerprint density at radius 1 is 1.09 bits per heavy atom. The van der Waals surface area contributed by atoms with Gasteiger partial charge in [0, 0.05) is 24.7 Å². The maximum absolute atomic E-state index is 12.2. The zero-order chi connectivity index (χ0) is 16.1. The average Bonchev–Trinajstić information content (AvgIpc) is 3.25. The van der Waals surface area contributed by atoms with E-state index in [2.05, 4.69) is 16.0 Å². The van der Waals surface area contributed by atoms with E-state index in [1.165, 1.54) is 0 Å². The third kappa shape index (κ3) is 4.32. The van der Waals surface area contributed by atoms with Crippen LogP contribution >= 0.6 is 0 Å². The average molecular weight is 315 g/mol. The van der Waals surface area contributed by atoms with Gasteiger partial charge in [0.05, 0.1) is 5.92 Å². The molecule has 1 aromatic carbocycles. The minimum absolute atomic E-state index is 0.0836. The second-order valence-corrected chi connectivity index (χ2v) is 6.58. The molecule has 3 N–H and O–H groups in total. The maximum atomic E-state index is 12.2. The van der Waals surface area contributed by atoms with E-state index in [4.69, 9.17) is 0 Å². The molecule has 2 amide bonds. The number of carbonyl (C=O) groups is 2. The lowest BCUT2D eigenvalue weighted by atomic mass is 10.1. The maximum Gasteiger partial charge on any atom is 0.227 e. The number of hydrogen-bond donors (Lipinski definition) is 3. The number of rotatable bonds is 5. The third-order valence-electron chi connectivity index (χ3n) is 4.82. The summed E-state index contributed by atoms with van der Waals surface area (Å²) in [5.74, 6) is 0.476. The van der Waals surface area contributed by atoms with Crippen molar-refractivity contribution in [2.45, 2.75) is 38.6 Å². The zero-order valence-corrected chi connectivity index (χ0v) is 13.4. The van der Waals surface area contributed by atoms with Gasteiger partial charge < -0.3 is 16.0 Å². The van der Waals surface area contributed by atoms with Crippen molar-refractivity contribution in [2.75, 3.05) is 18.4 Å². The van der Waals surface area contributed by atoms with Crippen LogP contribution in [0, 0.1) is 11.8 Å². The van der Waals surface area contributed by atoms with Crippen molar-refractivity contribution in [1.82, 2.24) is 10.6 Å². The molecule has 1 saturated carbocycles. The van der Waals surface area contributed by atoms with Gasteiger partial charge in [-0.2, -0.15) is 0 Å². The lowest BCUT2D eigenvalue weighted by Gasteiger charge is -2.13. The second-order valence-electron chi connectivity index (χ2n) is 6.58. The van der Waals surface area contributed by atoms with Crippen molar-refractivity contribution in [3.63, 3.8) is 0 Å². The van der Waals surface area contributed by atoms with Gasteiger partial charge in [-0.1, -0.05) is 25.0 Å². The monoisotopic (exact) mass is 315 g/mol. The summed E-state index contributed by atoms with van der Waals surface area (Å²) < 4.78 is 0.